The van der Waals surface area contributed by atoms with Gasteiger partial charge >= 0.3 is 5.91 Å². The van der Waals surface area contributed by atoms with Crippen LogP contribution < -0.4 is 5.32 Å². The summed E-state index contributed by atoms with van der Waals surface area (Å²) < 4.78 is 34.6. The third-order valence-electron chi connectivity index (χ3n) is 6.31. The Labute approximate surface area is 211 Å². The number of hydroxylamine groups is 2. The number of piperazine rings is 1. The zero-order valence-electron chi connectivity index (χ0n) is 19.3. The fourth-order valence-electron chi connectivity index (χ4n) is 4.36. The SMILES string of the molecule is C#Cc1ccc2cc(S(=O)(=O)N3CCN(C(=O)c4nc5c(o4)CN(O)CC5)C(C(=O)NC)C3)sc2c1. The number of nitrogens with one attached hydrogen (secondary N) is 1. The Bertz CT molecular complexity index is 1500. The number of hydrogen-bond acceptors (Lipinski definition) is 9. The van der Waals surface area contributed by atoms with Crippen LogP contribution >= 0.6 is 11.3 Å². The smallest absolute Gasteiger partial charge is 0.310 e. The molecule has 2 aliphatic rings. The van der Waals surface area contributed by atoms with E-state index < -0.39 is 27.9 Å². The predicted molar refractivity (Wildman–Crippen MR) is 130 cm³/mol. The van der Waals surface area contributed by atoms with E-state index in [1.54, 1.807) is 24.3 Å². The molecule has 0 radical (unpaired) electrons. The average molecular weight is 530 g/mol. The molecular formula is C23H23N5O6S2. The molecule has 0 aliphatic carbocycles. The highest BCUT2D eigenvalue weighted by molar-refractivity contribution is 7.91. The van der Waals surface area contributed by atoms with Gasteiger partial charge in [0, 0.05) is 49.9 Å². The molecule has 4 heterocycles. The molecular weight excluding hydrogens is 506 g/mol. The van der Waals surface area contributed by atoms with Crippen LogP contribution in [-0.4, -0.2) is 84.0 Å². The van der Waals surface area contributed by atoms with Gasteiger partial charge in [-0.1, -0.05) is 12.0 Å². The highest BCUT2D eigenvalue weighted by Crippen LogP contribution is 2.33. The minimum absolute atomic E-state index is 0.00371. The Morgan fingerprint density at radius 2 is 2.08 bits per heavy atom. The Kier molecular flexibility index (Phi) is 6.31. The lowest BCUT2D eigenvalue weighted by Crippen LogP contribution is -2.61. The van der Waals surface area contributed by atoms with E-state index in [0.29, 0.717) is 30.0 Å². The number of rotatable bonds is 4. The first-order valence-corrected chi connectivity index (χ1v) is 13.4. The first-order chi connectivity index (χ1) is 17.2. The molecule has 188 valence electrons. The van der Waals surface area contributed by atoms with E-state index in [2.05, 4.69) is 16.2 Å². The van der Waals surface area contributed by atoms with E-state index in [4.69, 9.17) is 10.8 Å². The molecule has 36 heavy (non-hydrogen) atoms. The number of hydrogen-bond donors (Lipinski definition) is 2. The fraction of sp³-hybridized carbons (Fsp3) is 0.348. The molecule has 13 heteroatoms. The number of carbonyl (C=O) groups excluding carboxylic acids is 2. The summed E-state index contributed by atoms with van der Waals surface area (Å²) in [7, 11) is -2.51. The minimum atomic E-state index is -3.93. The Morgan fingerprint density at radius 1 is 1.28 bits per heavy atom. The third kappa shape index (κ3) is 4.27. The van der Waals surface area contributed by atoms with Crippen LogP contribution in [0.4, 0.5) is 0 Å². The van der Waals surface area contributed by atoms with E-state index in [9.17, 15) is 23.2 Å². The molecule has 3 aromatic rings. The maximum Gasteiger partial charge on any atom is 0.310 e. The molecule has 1 saturated heterocycles. The lowest BCUT2D eigenvalue weighted by atomic mass is 10.1. The van der Waals surface area contributed by atoms with Gasteiger partial charge in [0.15, 0.2) is 0 Å². The molecule has 0 saturated carbocycles. The van der Waals surface area contributed by atoms with Gasteiger partial charge in [0.1, 0.15) is 16.0 Å². The normalized spacial score (nSPS) is 19.1. The number of sulfonamides is 1. The van der Waals surface area contributed by atoms with Crippen molar-refractivity contribution >= 4 is 43.3 Å². The largest absolute Gasteiger partial charge is 0.436 e. The second-order valence-corrected chi connectivity index (χ2v) is 11.7. The van der Waals surface area contributed by atoms with Crippen molar-refractivity contribution in [2.24, 2.45) is 0 Å². The molecule has 11 nitrogen and oxygen atoms in total. The van der Waals surface area contributed by atoms with Crippen LogP contribution in [0.15, 0.2) is 32.9 Å². The first-order valence-electron chi connectivity index (χ1n) is 11.2. The van der Waals surface area contributed by atoms with Gasteiger partial charge in [-0.2, -0.15) is 9.37 Å². The van der Waals surface area contributed by atoms with Crippen LogP contribution in [0.3, 0.4) is 0 Å². The van der Waals surface area contributed by atoms with Crippen LogP contribution in [-0.2, 0) is 27.8 Å². The first kappa shape index (κ1) is 24.4. The maximum atomic E-state index is 13.5. The maximum absolute atomic E-state index is 13.5. The summed E-state index contributed by atoms with van der Waals surface area (Å²) in [5.74, 6) is 1.63. The molecule has 5 rings (SSSR count). The molecule has 1 unspecified atom stereocenters. The predicted octanol–water partition coefficient (Wildman–Crippen LogP) is 0.879. The second-order valence-electron chi connectivity index (χ2n) is 8.48. The van der Waals surface area contributed by atoms with E-state index in [1.165, 1.54) is 16.3 Å². The lowest BCUT2D eigenvalue weighted by molar-refractivity contribution is -0.126. The van der Waals surface area contributed by atoms with Crippen LogP contribution in [0.1, 0.15) is 27.7 Å². The van der Waals surface area contributed by atoms with Crippen molar-refractivity contribution < 1.29 is 27.6 Å². The highest BCUT2D eigenvalue weighted by Gasteiger charge is 2.42. The zero-order valence-corrected chi connectivity index (χ0v) is 20.9. The number of aromatic nitrogens is 1. The summed E-state index contributed by atoms with van der Waals surface area (Å²) in [5, 5.41) is 14.0. The minimum Gasteiger partial charge on any atom is -0.436 e. The average Bonchev–Trinajstić information content (AvgIpc) is 3.51. The summed E-state index contributed by atoms with van der Waals surface area (Å²) >= 11 is 1.11. The number of oxazole rings is 1. The van der Waals surface area contributed by atoms with Crippen LogP contribution in [0.2, 0.25) is 0 Å². The lowest BCUT2D eigenvalue weighted by Gasteiger charge is -2.38. The Hall–Kier alpha value is -3.28. The third-order valence-corrected chi connectivity index (χ3v) is 9.72. The van der Waals surface area contributed by atoms with Gasteiger partial charge in [-0.3, -0.25) is 9.59 Å². The van der Waals surface area contributed by atoms with E-state index in [-0.39, 0.29) is 36.3 Å². The van der Waals surface area contributed by atoms with Crippen molar-refractivity contribution in [2.45, 2.75) is 23.2 Å². The fourth-order valence-corrected chi connectivity index (χ4v) is 7.39. The molecule has 2 aromatic heterocycles. The van der Waals surface area contributed by atoms with Gasteiger partial charge in [-0.05, 0) is 23.6 Å². The Balaban J connectivity index is 1.40. The summed E-state index contributed by atoms with van der Waals surface area (Å²) in [6.45, 7) is 0.227. The van der Waals surface area contributed by atoms with Crippen LogP contribution in [0, 0.1) is 12.3 Å². The number of terminal acetylenes is 1. The number of fused-ring (bicyclic) bond motifs is 2. The molecule has 1 aromatic carbocycles. The quantitative estimate of drug-likeness (QED) is 0.476. The van der Waals surface area contributed by atoms with Crippen molar-refractivity contribution in [3.05, 3.63) is 47.2 Å². The zero-order chi connectivity index (χ0) is 25.6. The number of likely N-dealkylation sites (N-methyl/N-ethyl adjacent to an activating group) is 1. The highest BCUT2D eigenvalue weighted by atomic mass is 32.2. The van der Waals surface area contributed by atoms with Crippen molar-refractivity contribution in [3.63, 3.8) is 0 Å². The number of thiophene rings is 1. The topological polar surface area (TPSA) is 136 Å². The number of amides is 2. The van der Waals surface area contributed by atoms with E-state index in [0.717, 1.165) is 26.5 Å². The number of benzene rings is 1. The van der Waals surface area contributed by atoms with Crippen molar-refractivity contribution in [2.75, 3.05) is 33.2 Å². The van der Waals surface area contributed by atoms with Crippen molar-refractivity contribution in [3.8, 4) is 12.3 Å². The van der Waals surface area contributed by atoms with Gasteiger partial charge in [0.25, 0.3) is 15.9 Å². The summed E-state index contributed by atoms with van der Waals surface area (Å²) in [6, 6.07) is 5.79. The molecule has 0 spiro atoms. The summed E-state index contributed by atoms with van der Waals surface area (Å²) in [4.78, 5) is 31.5. The monoisotopic (exact) mass is 529 g/mol. The number of nitrogens with zero attached hydrogens (tertiary/aromatic N) is 4. The Morgan fingerprint density at radius 3 is 2.83 bits per heavy atom. The molecule has 2 N–H and O–H groups in total. The molecule has 2 aliphatic heterocycles. The second kappa shape index (κ2) is 9.30. The van der Waals surface area contributed by atoms with Gasteiger partial charge in [-0.25, -0.2) is 13.4 Å². The van der Waals surface area contributed by atoms with E-state index >= 15 is 0 Å². The van der Waals surface area contributed by atoms with Crippen molar-refractivity contribution in [1.82, 2.24) is 24.6 Å². The number of carbonyl (C=O) groups is 2. The van der Waals surface area contributed by atoms with Crippen LogP contribution in [0.5, 0.6) is 0 Å². The standard InChI is InChI=1S/C23H23N5O6S2/c1-3-14-4-5-15-11-20(35-19(15)10-14)36(32,33)27-8-9-28(17(12-27)21(29)24-2)23(30)22-25-16-6-7-26(31)13-18(16)34-22/h1,4-5,10-11,17,31H,6-9,12-13H2,2H3,(H,24,29). The molecule has 1 fully saturated rings. The van der Waals surface area contributed by atoms with Crippen LogP contribution in [0.25, 0.3) is 10.1 Å². The summed E-state index contributed by atoms with van der Waals surface area (Å²) in [5.41, 5.74) is 1.24. The van der Waals surface area contributed by atoms with Gasteiger partial charge in [0.05, 0.1) is 12.2 Å². The molecule has 2 amide bonds. The van der Waals surface area contributed by atoms with Gasteiger partial charge < -0.3 is 19.8 Å². The van der Waals surface area contributed by atoms with Gasteiger partial charge in [0.2, 0.25) is 5.91 Å². The van der Waals surface area contributed by atoms with Gasteiger partial charge in [-0.15, -0.1) is 17.8 Å². The molecule has 0 bridgehead atoms. The van der Waals surface area contributed by atoms with Crippen molar-refractivity contribution in [1.29, 1.82) is 0 Å². The summed E-state index contributed by atoms with van der Waals surface area (Å²) in [6.07, 6.45) is 5.88. The molecule has 1 atom stereocenters. The van der Waals surface area contributed by atoms with E-state index in [1.807, 2.05) is 0 Å².